The zero-order chi connectivity index (χ0) is 42.7. The molecule has 10 heteroatoms. The molecule has 59 heavy (non-hydrogen) atoms. The third-order valence-electron chi connectivity index (χ3n) is 17.9. The molecule has 1 aromatic rings. The Kier molecular flexibility index (Phi) is 10.4. The van der Waals surface area contributed by atoms with E-state index in [4.69, 9.17) is 0 Å². The fraction of sp³-hybridized carbons (Fsp3) is 0.673. The monoisotopic (exact) mass is 822 g/mol. The first kappa shape index (κ1) is 42.4. The van der Waals surface area contributed by atoms with E-state index in [0.29, 0.717) is 48.7 Å². The highest BCUT2D eigenvalue weighted by molar-refractivity contribution is 5.94. The SMILES string of the molecule is CC(=O)[C@H]1CC[C@H]2[C@@H]3CCC4=CC(=O)CC[C@]4(C)[C@H]3CC[C@]12C.CC(=O)c1ccc([C@H]2C[C@@]3(C)[C@@H](CC[C@@]3(O)C(F)(F)C(F)(F)F)[C@@H]3CCC4=CC(=O)CCC4=C32)cc1. The van der Waals surface area contributed by atoms with Crippen molar-refractivity contribution in [2.24, 2.45) is 51.8 Å². The molecule has 5 saturated carbocycles. The van der Waals surface area contributed by atoms with E-state index >= 15 is 0 Å². The quantitative estimate of drug-likeness (QED) is 0.241. The van der Waals surface area contributed by atoms with Gasteiger partial charge in [-0.25, -0.2) is 0 Å². The summed E-state index contributed by atoms with van der Waals surface area (Å²) in [7, 11) is 0. The van der Waals surface area contributed by atoms with Crippen molar-refractivity contribution in [1.29, 1.82) is 0 Å². The summed E-state index contributed by atoms with van der Waals surface area (Å²) in [5.74, 6) is -3.37. The van der Waals surface area contributed by atoms with Gasteiger partial charge in [0.2, 0.25) is 0 Å². The molecule has 1 aromatic carbocycles. The Balaban J connectivity index is 0.000000180. The van der Waals surface area contributed by atoms with E-state index in [-0.39, 0.29) is 41.2 Å². The van der Waals surface area contributed by atoms with Gasteiger partial charge in [0.05, 0.1) is 0 Å². The van der Waals surface area contributed by atoms with Crippen LogP contribution >= 0.6 is 0 Å². The van der Waals surface area contributed by atoms with Crippen LogP contribution in [0.25, 0.3) is 0 Å². The largest absolute Gasteiger partial charge is 0.456 e. The van der Waals surface area contributed by atoms with Crippen molar-refractivity contribution in [2.45, 2.75) is 155 Å². The average molecular weight is 823 g/mol. The first-order valence-corrected chi connectivity index (χ1v) is 22.1. The number of ketones is 4. The number of halogens is 5. The molecule has 11 atom stereocenters. The second-order valence-corrected chi connectivity index (χ2v) is 20.4. The predicted octanol–water partition coefficient (Wildman–Crippen LogP) is 11.4. The average Bonchev–Trinajstić information content (AvgIpc) is 3.68. The van der Waals surface area contributed by atoms with Crippen molar-refractivity contribution in [3.8, 4) is 0 Å². The minimum Gasteiger partial charge on any atom is -0.383 e. The van der Waals surface area contributed by atoms with Gasteiger partial charge in [-0.05, 0) is 167 Å². The molecule has 0 amide bonds. The maximum Gasteiger partial charge on any atom is 0.456 e. The number of hydrogen-bond acceptors (Lipinski definition) is 5. The van der Waals surface area contributed by atoms with Crippen molar-refractivity contribution in [3.05, 3.63) is 69.8 Å². The minimum absolute atomic E-state index is 0.0378. The molecule has 0 unspecified atom stereocenters. The van der Waals surface area contributed by atoms with Crippen molar-refractivity contribution in [1.82, 2.24) is 0 Å². The van der Waals surface area contributed by atoms with Crippen LogP contribution in [-0.4, -0.2) is 45.9 Å². The number of alkyl halides is 5. The number of fused-ring (bicyclic) bond motifs is 9. The highest BCUT2D eigenvalue weighted by atomic mass is 19.4. The summed E-state index contributed by atoms with van der Waals surface area (Å²) in [5.41, 5.74) is 1.19. The number of carbonyl (C=O) groups excluding carboxylic acids is 4. The third-order valence-corrected chi connectivity index (χ3v) is 17.9. The lowest BCUT2D eigenvalue weighted by Gasteiger charge is -2.58. The van der Waals surface area contributed by atoms with Crippen molar-refractivity contribution >= 4 is 23.1 Å². The van der Waals surface area contributed by atoms with Gasteiger partial charge in [-0.1, -0.05) is 56.2 Å². The van der Waals surface area contributed by atoms with Crippen LogP contribution in [0.4, 0.5) is 22.0 Å². The lowest BCUT2D eigenvalue weighted by Crippen LogP contribution is -2.65. The van der Waals surface area contributed by atoms with Crippen molar-refractivity contribution < 1.29 is 46.2 Å². The normalized spacial score (nSPS) is 40.2. The van der Waals surface area contributed by atoms with E-state index < -0.39 is 41.4 Å². The Labute approximate surface area is 344 Å². The van der Waals surface area contributed by atoms with E-state index in [1.54, 1.807) is 37.3 Å². The predicted molar refractivity (Wildman–Crippen MR) is 214 cm³/mol. The van der Waals surface area contributed by atoms with Gasteiger partial charge in [-0.3, -0.25) is 19.2 Å². The first-order chi connectivity index (χ1) is 27.6. The highest BCUT2D eigenvalue weighted by Gasteiger charge is 2.79. The van der Waals surface area contributed by atoms with E-state index in [1.165, 1.54) is 45.1 Å². The molecule has 0 radical (unpaired) electrons. The van der Waals surface area contributed by atoms with E-state index in [9.17, 15) is 46.2 Å². The second kappa shape index (κ2) is 14.4. The number of carbonyl (C=O) groups is 4. The summed E-state index contributed by atoms with van der Waals surface area (Å²) in [4.78, 5) is 47.9. The van der Waals surface area contributed by atoms with Gasteiger partial charge in [0, 0.05) is 35.7 Å². The molecule has 0 bridgehead atoms. The number of aliphatic hydroxyl groups is 1. The number of hydrogen-bond donors (Lipinski definition) is 1. The number of benzene rings is 1. The maximum atomic E-state index is 15.0. The molecule has 320 valence electrons. The van der Waals surface area contributed by atoms with Crippen molar-refractivity contribution in [2.75, 3.05) is 0 Å². The van der Waals surface area contributed by atoms with Gasteiger partial charge < -0.3 is 5.11 Å². The summed E-state index contributed by atoms with van der Waals surface area (Å²) in [5, 5.41) is 11.3. The van der Waals surface area contributed by atoms with Crippen molar-refractivity contribution in [3.63, 3.8) is 0 Å². The summed E-state index contributed by atoms with van der Waals surface area (Å²) in [6.07, 6.45) is 8.05. The van der Waals surface area contributed by atoms with Crippen LogP contribution in [0.15, 0.2) is 58.7 Å². The van der Waals surface area contributed by atoms with Crippen LogP contribution in [0.5, 0.6) is 0 Å². The van der Waals surface area contributed by atoms with Gasteiger partial charge >= 0.3 is 12.1 Å². The number of Topliss-reactive ketones (excluding diaryl/α,β-unsaturated/α-hetero) is 2. The Morgan fingerprint density at radius 1 is 0.729 bits per heavy atom. The Morgan fingerprint density at radius 2 is 1.41 bits per heavy atom. The Morgan fingerprint density at radius 3 is 2.07 bits per heavy atom. The van der Waals surface area contributed by atoms with Crippen LogP contribution in [-0.2, 0) is 14.4 Å². The van der Waals surface area contributed by atoms with Crippen LogP contribution in [0.3, 0.4) is 0 Å². The molecule has 0 spiro atoms. The zero-order valence-electron chi connectivity index (χ0n) is 35.1. The molecule has 5 nitrogen and oxygen atoms in total. The van der Waals surface area contributed by atoms with Gasteiger partial charge in [0.15, 0.2) is 17.3 Å². The lowest BCUT2D eigenvalue weighted by molar-refractivity contribution is -0.362. The summed E-state index contributed by atoms with van der Waals surface area (Å²) < 4.78 is 70.7. The Hall–Kier alpha value is -3.27. The zero-order valence-corrected chi connectivity index (χ0v) is 35.1. The smallest absolute Gasteiger partial charge is 0.383 e. The fourth-order valence-corrected chi connectivity index (χ4v) is 14.9. The Bertz CT molecular complexity index is 2040. The molecule has 8 aliphatic rings. The maximum absolute atomic E-state index is 15.0. The lowest BCUT2D eigenvalue weighted by atomic mass is 9.47. The van der Waals surface area contributed by atoms with E-state index in [1.807, 2.05) is 6.08 Å². The summed E-state index contributed by atoms with van der Waals surface area (Å²) in [6, 6.07) is 6.75. The van der Waals surface area contributed by atoms with Crippen LogP contribution in [0, 0.1) is 51.8 Å². The molecule has 0 heterocycles. The van der Waals surface area contributed by atoms with Gasteiger partial charge in [0.1, 0.15) is 11.4 Å². The van der Waals surface area contributed by atoms with Crippen LogP contribution in [0.1, 0.15) is 153 Å². The molecule has 0 aliphatic heterocycles. The van der Waals surface area contributed by atoms with Gasteiger partial charge in [0.25, 0.3) is 0 Å². The molecule has 0 aromatic heterocycles. The number of rotatable bonds is 4. The van der Waals surface area contributed by atoms with E-state index in [2.05, 4.69) is 13.8 Å². The molecule has 5 fully saturated rings. The third kappa shape index (κ3) is 6.36. The topological polar surface area (TPSA) is 88.5 Å². The van der Waals surface area contributed by atoms with Gasteiger partial charge in [-0.2, -0.15) is 22.0 Å². The highest BCUT2D eigenvalue weighted by Crippen LogP contribution is 2.71. The molecule has 8 aliphatic carbocycles. The first-order valence-electron chi connectivity index (χ1n) is 22.1. The van der Waals surface area contributed by atoms with Crippen LogP contribution in [0.2, 0.25) is 0 Å². The molecular formula is C49H59F5O5. The second-order valence-electron chi connectivity index (χ2n) is 20.4. The molecule has 0 saturated heterocycles. The number of allylic oxidation sites excluding steroid dienone is 5. The summed E-state index contributed by atoms with van der Waals surface area (Å²) >= 11 is 0. The van der Waals surface area contributed by atoms with E-state index in [0.717, 1.165) is 65.7 Å². The minimum atomic E-state index is -5.87. The van der Waals surface area contributed by atoms with Gasteiger partial charge in [-0.15, -0.1) is 0 Å². The molecule has 9 rings (SSSR count). The van der Waals surface area contributed by atoms with Crippen LogP contribution < -0.4 is 0 Å². The summed E-state index contributed by atoms with van der Waals surface area (Å²) in [6.45, 7) is 9.48. The molecule has 1 N–H and O–H groups in total. The fourth-order valence-electron chi connectivity index (χ4n) is 14.9. The standard InChI is InChI=1S/C28H29F5O3.C21H30O2/c1-15(34)16-3-5-17(6-4-16)22-14-25(2)23(11-12-26(25,36)27(29,30)28(31,32)33)21-9-7-18-13-19(35)8-10-20(18)24(21)22;1-13(22)17-6-7-18-16-5-4-14-12-15(23)8-10-20(14,2)19(16)9-11-21(17,18)3/h3-6,13,21-23,36H,7-12,14H2,1-2H3;12,16-19H,4-11H2,1-3H3/t21-,22+,23-,25-,26-;16-,17+,18-,19-,20-,21+/m00/s1. The molecular weight excluding hydrogens is 764 g/mol.